The highest BCUT2D eigenvalue weighted by atomic mass is 35.5. The quantitative estimate of drug-likeness (QED) is 0.879. The number of halogens is 1. The molecule has 0 bridgehead atoms. The van der Waals surface area contributed by atoms with Crippen molar-refractivity contribution in [2.45, 2.75) is 64.1 Å². The Labute approximate surface area is 149 Å². The van der Waals surface area contributed by atoms with Gasteiger partial charge in [-0.15, -0.1) is 0 Å². The molecular formula is C19H27ClN2O2. The summed E-state index contributed by atoms with van der Waals surface area (Å²) in [6.07, 6.45) is 5.28. The molecule has 2 fully saturated rings. The number of hydrogen-bond donors (Lipinski definition) is 1. The maximum Gasteiger partial charge on any atom is 0.240 e. The maximum atomic E-state index is 12.5. The van der Waals surface area contributed by atoms with Crippen molar-refractivity contribution < 1.29 is 9.53 Å². The van der Waals surface area contributed by atoms with E-state index in [1.54, 1.807) is 0 Å². The number of carbonyl (C=O) groups is 1. The molecule has 1 N–H and O–H groups in total. The molecule has 0 aromatic heterocycles. The van der Waals surface area contributed by atoms with Crippen molar-refractivity contribution in [1.82, 2.24) is 10.2 Å². The van der Waals surface area contributed by atoms with E-state index in [1.165, 1.54) is 0 Å². The van der Waals surface area contributed by atoms with Gasteiger partial charge in [0.15, 0.2) is 0 Å². The second-order valence-corrected chi connectivity index (χ2v) is 7.42. The van der Waals surface area contributed by atoms with Crippen LogP contribution in [-0.4, -0.2) is 35.5 Å². The van der Waals surface area contributed by atoms with Gasteiger partial charge in [0.25, 0.3) is 0 Å². The number of benzene rings is 1. The van der Waals surface area contributed by atoms with Crippen LogP contribution in [0.15, 0.2) is 18.2 Å². The van der Waals surface area contributed by atoms with Crippen molar-refractivity contribution in [2.75, 3.05) is 13.1 Å². The SMILES string of the molecule is CCC(C)Oc1ccc(CN2CCNC(=O)C23CCCC3)cc1Cl. The first-order valence-electron chi connectivity index (χ1n) is 9.03. The summed E-state index contributed by atoms with van der Waals surface area (Å²) in [5.41, 5.74) is 0.828. The summed E-state index contributed by atoms with van der Waals surface area (Å²) < 4.78 is 5.84. The highest BCUT2D eigenvalue weighted by Gasteiger charge is 2.47. The van der Waals surface area contributed by atoms with E-state index < -0.39 is 0 Å². The van der Waals surface area contributed by atoms with Crippen LogP contribution in [0.4, 0.5) is 0 Å². The highest BCUT2D eigenvalue weighted by molar-refractivity contribution is 6.32. The largest absolute Gasteiger partial charge is 0.489 e. The normalized spacial score (nSPS) is 21.7. The minimum absolute atomic E-state index is 0.154. The van der Waals surface area contributed by atoms with Crippen molar-refractivity contribution >= 4 is 17.5 Å². The molecule has 1 spiro atoms. The third kappa shape index (κ3) is 3.40. The lowest BCUT2D eigenvalue weighted by atomic mass is 9.91. The Morgan fingerprint density at radius 2 is 2.12 bits per heavy atom. The molecule has 1 unspecified atom stereocenters. The van der Waals surface area contributed by atoms with Crippen molar-refractivity contribution in [1.29, 1.82) is 0 Å². The third-order valence-electron chi connectivity index (χ3n) is 5.40. The average Bonchev–Trinajstić information content (AvgIpc) is 3.05. The van der Waals surface area contributed by atoms with Gasteiger partial charge in [-0.25, -0.2) is 0 Å². The number of amides is 1. The van der Waals surface area contributed by atoms with E-state index in [4.69, 9.17) is 16.3 Å². The van der Waals surface area contributed by atoms with Crippen molar-refractivity contribution in [3.63, 3.8) is 0 Å². The molecule has 2 aliphatic rings. The second kappa shape index (κ2) is 7.32. The standard InChI is InChI=1S/C19H27ClN2O2/c1-3-14(2)24-17-7-6-15(12-16(17)20)13-22-11-10-21-18(23)19(22)8-4-5-9-19/h6-7,12,14H,3-5,8-11,13H2,1-2H3,(H,21,23). The first-order valence-corrected chi connectivity index (χ1v) is 9.41. The molecule has 1 atom stereocenters. The van der Waals surface area contributed by atoms with Gasteiger partial charge in [0, 0.05) is 19.6 Å². The topological polar surface area (TPSA) is 41.6 Å². The van der Waals surface area contributed by atoms with Crippen LogP contribution in [0.5, 0.6) is 5.75 Å². The lowest BCUT2D eigenvalue weighted by Crippen LogP contribution is -2.63. The van der Waals surface area contributed by atoms with E-state index in [1.807, 2.05) is 19.1 Å². The number of nitrogens with one attached hydrogen (secondary N) is 1. The lowest BCUT2D eigenvalue weighted by molar-refractivity contribution is -0.137. The van der Waals surface area contributed by atoms with Crippen LogP contribution in [0, 0.1) is 0 Å². The predicted molar refractivity (Wildman–Crippen MR) is 96.5 cm³/mol. The Balaban J connectivity index is 1.75. The molecule has 1 aromatic rings. The van der Waals surface area contributed by atoms with Gasteiger partial charge in [-0.05, 0) is 43.9 Å². The fourth-order valence-electron chi connectivity index (χ4n) is 3.82. The van der Waals surface area contributed by atoms with Crippen LogP contribution in [-0.2, 0) is 11.3 Å². The summed E-state index contributed by atoms with van der Waals surface area (Å²) in [5.74, 6) is 0.941. The zero-order valence-corrected chi connectivity index (χ0v) is 15.4. The molecule has 1 aliphatic heterocycles. The van der Waals surface area contributed by atoms with Gasteiger partial charge in [-0.2, -0.15) is 0 Å². The van der Waals surface area contributed by atoms with E-state index in [9.17, 15) is 4.79 Å². The van der Waals surface area contributed by atoms with E-state index in [-0.39, 0.29) is 17.6 Å². The van der Waals surface area contributed by atoms with E-state index in [0.29, 0.717) is 5.02 Å². The van der Waals surface area contributed by atoms with Crippen molar-refractivity contribution in [3.05, 3.63) is 28.8 Å². The smallest absolute Gasteiger partial charge is 0.240 e. The molecule has 0 radical (unpaired) electrons. The Morgan fingerprint density at radius 1 is 1.38 bits per heavy atom. The van der Waals surface area contributed by atoms with E-state index in [0.717, 1.165) is 63.1 Å². The van der Waals surface area contributed by atoms with Gasteiger partial charge in [0.05, 0.1) is 11.1 Å². The number of ether oxygens (including phenoxy) is 1. The van der Waals surface area contributed by atoms with Crippen LogP contribution in [0.3, 0.4) is 0 Å². The zero-order chi connectivity index (χ0) is 17.2. The van der Waals surface area contributed by atoms with Crippen molar-refractivity contribution in [3.8, 4) is 5.75 Å². The van der Waals surface area contributed by atoms with Gasteiger partial charge >= 0.3 is 0 Å². The Morgan fingerprint density at radius 3 is 2.79 bits per heavy atom. The van der Waals surface area contributed by atoms with Gasteiger partial charge in [-0.1, -0.05) is 37.4 Å². The second-order valence-electron chi connectivity index (χ2n) is 7.02. The number of piperazine rings is 1. The predicted octanol–water partition coefficient (Wildman–Crippen LogP) is 3.76. The van der Waals surface area contributed by atoms with Crippen LogP contribution in [0.2, 0.25) is 5.02 Å². The summed E-state index contributed by atoms with van der Waals surface area (Å²) in [6, 6.07) is 6.00. The molecule has 132 valence electrons. The van der Waals surface area contributed by atoms with Gasteiger partial charge in [0.2, 0.25) is 5.91 Å². The van der Waals surface area contributed by atoms with Gasteiger partial charge < -0.3 is 10.1 Å². The van der Waals surface area contributed by atoms with Crippen molar-refractivity contribution in [2.24, 2.45) is 0 Å². The first-order chi connectivity index (χ1) is 11.5. The Bertz CT molecular complexity index is 599. The number of rotatable bonds is 5. The summed E-state index contributed by atoms with van der Waals surface area (Å²) in [6.45, 7) is 6.52. The summed E-state index contributed by atoms with van der Waals surface area (Å²) in [7, 11) is 0. The molecular weight excluding hydrogens is 324 g/mol. The molecule has 1 aromatic carbocycles. The number of nitrogens with zero attached hydrogens (tertiary/aromatic N) is 1. The fourth-order valence-corrected chi connectivity index (χ4v) is 4.07. The number of carbonyl (C=O) groups excluding carboxylic acids is 1. The molecule has 24 heavy (non-hydrogen) atoms. The Kier molecular flexibility index (Phi) is 5.36. The molecule has 1 amide bonds. The van der Waals surface area contributed by atoms with E-state index >= 15 is 0 Å². The molecule has 1 saturated carbocycles. The van der Waals surface area contributed by atoms with Crippen LogP contribution in [0.25, 0.3) is 0 Å². The van der Waals surface area contributed by atoms with Crippen LogP contribution >= 0.6 is 11.6 Å². The third-order valence-corrected chi connectivity index (χ3v) is 5.69. The van der Waals surface area contributed by atoms with Crippen LogP contribution < -0.4 is 10.1 Å². The minimum Gasteiger partial charge on any atom is -0.489 e. The monoisotopic (exact) mass is 350 g/mol. The lowest BCUT2D eigenvalue weighted by Gasteiger charge is -2.43. The molecule has 5 heteroatoms. The fraction of sp³-hybridized carbons (Fsp3) is 0.632. The molecule has 1 aliphatic carbocycles. The first kappa shape index (κ1) is 17.6. The van der Waals surface area contributed by atoms with E-state index in [2.05, 4.69) is 23.2 Å². The van der Waals surface area contributed by atoms with Gasteiger partial charge in [0.1, 0.15) is 11.3 Å². The Hall–Kier alpha value is -1.26. The maximum absolute atomic E-state index is 12.5. The zero-order valence-electron chi connectivity index (χ0n) is 14.6. The summed E-state index contributed by atoms with van der Waals surface area (Å²) in [4.78, 5) is 14.8. The number of hydrogen-bond acceptors (Lipinski definition) is 3. The average molecular weight is 351 g/mol. The minimum atomic E-state index is -0.309. The van der Waals surface area contributed by atoms with Gasteiger partial charge in [-0.3, -0.25) is 9.69 Å². The van der Waals surface area contributed by atoms with Crippen LogP contribution in [0.1, 0.15) is 51.5 Å². The molecule has 1 saturated heterocycles. The summed E-state index contributed by atoms with van der Waals surface area (Å²) in [5, 5.41) is 3.70. The molecule has 1 heterocycles. The summed E-state index contributed by atoms with van der Waals surface area (Å²) >= 11 is 6.41. The highest BCUT2D eigenvalue weighted by Crippen LogP contribution is 2.38. The molecule has 4 nitrogen and oxygen atoms in total. The molecule has 3 rings (SSSR count).